The Morgan fingerprint density at radius 1 is 0.882 bits per heavy atom. The maximum absolute atomic E-state index is 15.5. The van der Waals surface area contributed by atoms with Crippen molar-refractivity contribution >= 4 is 21.9 Å². The number of hydrogen-bond donors (Lipinski definition) is 0. The highest BCUT2D eigenvalue weighted by Crippen LogP contribution is 2.48. The minimum absolute atomic E-state index is 0.0335. The van der Waals surface area contributed by atoms with Crippen molar-refractivity contribution in [2.75, 3.05) is 6.61 Å². The average Bonchev–Trinajstić information content (AvgIpc) is 3.18. The molecule has 3 aromatic carbocycles. The lowest BCUT2D eigenvalue weighted by atomic mass is 9.78. The number of hydrogen-bond acceptors (Lipinski definition) is 2. The first kappa shape index (κ1) is 20.9. The van der Waals surface area contributed by atoms with E-state index >= 15 is 4.39 Å². The molecule has 0 radical (unpaired) electrons. The zero-order valence-electron chi connectivity index (χ0n) is 19.9. The number of rotatable bonds is 2. The van der Waals surface area contributed by atoms with Crippen molar-refractivity contribution in [1.29, 1.82) is 0 Å². The van der Waals surface area contributed by atoms with Gasteiger partial charge in [0.15, 0.2) is 6.20 Å². The molecule has 0 aliphatic carbocycles. The summed E-state index contributed by atoms with van der Waals surface area (Å²) in [5.41, 5.74) is 6.79. The highest BCUT2D eigenvalue weighted by atomic mass is 19.1. The Morgan fingerprint density at radius 3 is 2.44 bits per heavy atom. The van der Waals surface area contributed by atoms with E-state index in [4.69, 9.17) is 9.15 Å². The topological polar surface area (TPSA) is 26.2 Å². The summed E-state index contributed by atoms with van der Waals surface area (Å²) in [6.45, 7) is 7.12. The van der Waals surface area contributed by atoms with Crippen LogP contribution in [0, 0.1) is 12.7 Å². The van der Waals surface area contributed by atoms with Crippen molar-refractivity contribution in [2.45, 2.75) is 32.6 Å². The van der Waals surface area contributed by atoms with Gasteiger partial charge in [0.25, 0.3) is 0 Å². The van der Waals surface area contributed by atoms with Crippen LogP contribution in [0.4, 0.5) is 4.39 Å². The van der Waals surface area contributed by atoms with Crippen LogP contribution in [0.2, 0.25) is 0 Å². The summed E-state index contributed by atoms with van der Waals surface area (Å²) in [5.74, 6) is 0.451. The Hall–Kier alpha value is -3.66. The molecule has 34 heavy (non-hydrogen) atoms. The third kappa shape index (κ3) is 2.98. The molecule has 0 fully saturated rings. The molecule has 3 heterocycles. The van der Waals surface area contributed by atoms with E-state index in [1.807, 2.05) is 43.6 Å². The molecule has 0 N–H and O–H groups in total. The minimum Gasteiger partial charge on any atom is -0.493 e. The molecule has 0 bridgehead atoms. The van der Waals surface area contributed by atoms with E-state index in [2.05, 4.69) is 49.6 Å². The fourth-order valence-corrected chi connectivity index (χ4v) is 5.30. The Bertz CT molecular complexity index is 1600. The number of pyridine rings is 1. The molecule has 1 aliphatic heterocycles. The van der Waals surface area contributed by atoms with E-state index in [1.54, 1.807) is 6.07 Å². The van der Waals surface area contributed by atoms with Gasteiger partial charge in [-0.15, -0.1) is 0 Å². The second-order valence-electron chi connectivity index (χ2n) is 9.90. The predicted molar refractivity (Wildman–Crippen MR) is 134 cm³/mol. The number of halogens is 1. The number of nitrogens with zero attached hydrogens (tertiary/aromatic N) is 1. The quantitative estimate of drug-likeness (QED) is 0.264. The highest BCUT2D eigenvalue weighted by molar-refractivity contribution is 6.13. The van der Waals surface area contributed by atoms with Gasteiger partial charge in [-0.05, 0) is 42.5 Å². The molecular formula is C30H27FNO2+. The van der Waals surface area contributed by atoms with E-state index in [0.29, 0.717) is 17.8 Å². The lowest BCUT2D eigenvalue weighted by Crippen LogP contribution is -2.30. The van der Waals surface area contributed by atoms with Crippen molar-refractivity contribution in [3.63, 3.8) is 0 Å². The number of para-hydroxylation sites is 1. The van der Waals surface area contributed by atoms with Gasteiger partial charge in [-0.1, -0.05) is 44.2 Å². The van der Waals surface area contributed by atoms with Crippen LogP contribution in [0.3, 0.4) is 0 Å². The average molecular weight is 453 g/mol. The summed E-state index contributed by atoms with van der Waals surface area (Å²) in [4.78, 5) is 0. The second-order valence-corrected chi connectivity index (χ2v) is 9.90. The summed E-state index contributed by atoms with van der Waals surface area (Å²) in [6, 6.07) is 19.7. The van der Waals surface area contributed by atoms with Crippen LogP contribution in [0.15, 0.2) is 71.3 Å². The Morgan fingerprint density at radius 2 is 1.65 bits per heavy atom. The lowest BCUT2D eigenvalue weighted by Gasteiger charge is -2.33. The molecule has 4 heteroatoms. The molecule has 0 amide bonds. The fraction of sp³-hybridized carbons (Fsp3) is 0.233. The normalized spacial score (nSPS) is 14.9. The van der Waals surface area contributed by atoms with Crippen LogP contribution in [0.25, 0.3) is 44.3 Å². The monoisotopic (exact) mass is 452 g/mol. The first-order chi connectivity index (χ1) is 16.4. The summed E-state index contributed by atoms with van der Waals surface area (Å²) in [5, 5.41) is 1.88. The molecule has 6 rings (SSSR count). The van der Waals surface area contributed by atoms with Gasteiger partial charge in [-0.3, -0.25) is 0 Å². The van der Waals surface area contributed by atoms with Crippen molar-refractivity contribution in [1.82, 2.24) is 0 Å². The number of ether oxygens (including phenoxy) is 1. The fourth-order valence-electron chi connectivity index (χ4n) is 5.30. The third-order valence-corrected chi connectivity index (χ3v) is 7.27. The maximum Gasteiger partial charge on any atom is 0.216 e. The van der Waals surface area contributed by atoms with E-state index in [0.717, 1.165) is 56.5 Å². The van der Waals surface area contributed by atoms with Crippen LogP contribution in [0.5, 0.6) is 5.75 Å². The van der Waals surface area contributed by atoms with Gasteiger partial charge in [0.05, 0.1) is 17.7 Å². The van der Waals surface area contributed by atoms with E-state index in [1.165, 1.54) is 0 Å². The molecule has 0 saturated carbocycles. The van der Waals surface area contributed by atoms with Crippen molar-refractivity contribution in [3.8, 4) is 28.1 Å². The van der Waals surface area contributed by atoms with Crippen molar-refractivity contribution < 1.29 is 18.1 Å². The summed E-state index contributed by atoms with van der Waals surface area (Å²) < 4.78 is 30.3. The molecule has 2 aromatic heterocycles. The van der Waals surface area contributed by atoms with Crippen LogP contribution in [0.1, 0.15) is 31.4 Å². The van der Waals surface area contributed by atoms with Crippen LogP contribution in [-0.4, -0.2) is 6.61 Å². The van der Waals surface area contributed by atoms with Gasteiger partial charge in [0, 0.05) is 34.0 Å². The van der Waals surface area contributed by atoms with Crippen LogP contribution >= 0.6 is 0 Å². The molecule has 5 aromatic rings. The van der Waals surface area contributed by atoms with Crippen molar-refractivity contribution in [3.05, 3.63) is 83.8 Å². The van der Waals surface area contributed by atoms with E-state index in [-0.39, 0.29) is 11.2 Å². The molecule has 1 aliphatic rings. The summed E-state index contributed by atoms with van der Waals surface area (Å²) in [7, 11) is 2.02. The maximum atomic E-state index is 15.5. The second kappa shape index (κ2) is 7.42. The Kier molecular flexibility index (Phi) is 4.57. The predicted octanol–water partition coefficient (Wildman–Crippen LogP) is 7.25. The van der Waals surface area contributed by atoms with Crippen LogP contribution in [-0.2, 0) is 12.5 Å². The van der Waals surface area contributed by atoms with Crippen LogP contribution < -0.4 is 9.30 Å². The third-order valence-electron chi connectivity index (χ3n) is 7.27. The molecular weight excluding hydrogens is 425 g/mol. The lowest BCUT2D eigenvalue weighted by molar-refractivity contribution is -0.660. The standard InChI is InChI=1S/C30H27FNO2/c1-18-11-12-19-20-13-14-23(31)26(21-8-7-9-22-27(21)33-17-15-30(22,2)3)29(20)34-28(19)25(18)24-10-5-6-16-32(24)4/h5-14,16H,15,17H2,1-4H3/q+1. The van der Waals surface area contributed by atoms with Gasteiger partial charge in [0.2, 0.25) is 5.69 Å². The molecule has 0 saturated heterocycles. The van der Waals surface area contributed by atoms with Crippen molar-refractivity contribution in [2.24, 2.45) is 7.05 Å². The van der Waals surface area contributed by atoms with Gasteiger partial charge in [-0.2, -0.15) is 0 Å². The molecule has 3 nitrogen and oxygen atoms in total. The summed E-state index contributed by atoms with van der Waals surface area (Å²) >= 11 is 0. The minimum atomic E-state index is -0.310. The van der Waals surface area contributed by atoms with Gasteiger partial charge < -0.3 is 9.15 Å². The zero-order chi connectivity index (χ0) is 23.6. The molecule has 0 atom stereocenters. The van der Waals surface area contributed by atoms with E-state index < -0.39 is 0 Å². The number of aromatic nitrogens is 1. The Balaban J connectivity index is 1.70. The summed E-state index contributed by atoms with van der Waals surface area (Å²) in [6.07, 6.45) is 2.95. The molecule has 0 unspecified atom stereocenters. The largest absolute Gasteiger partial charge is 0.493 e. The van der Waals surface area contributed by atoms with Gasteiger partial charge in [-0.25, -0.2) is 8.96 Å². The SMILES string of the molecule is Cc1ccc2c(oc3c(-c4cccc5c4OCCC5(C)C)c(F)ccc32)c1-c1cccc[n+]1C. The van der Waals surface area contributed by atoms with Gasteiger partial charge in [0.1, 0.15) is 29.8 Å². The number of aryl methyl sites for hydroxylation is 2. The number of furan rings is 1. The highest BCUT2D eigenvalue weighted by Gasteiger charge is 2.32. The van der Waals surface area contributed by atoms with E-state index in [9.17, 15) is 0 Å². The van der Waals surface area contributed by atoms with Gasteiger partial charge >= 0.3 is 0 Å². The molecule has 0 spiro atoms. The Labute approximate surface area is 198 Å². The first-order valence-electron chi connectivity index (χ1n) is 11.7. The number of benzene rings is 3. The smallest absolute Gasteiger partial charge is 0.216 e. The first-order valence-corrected chi connectivity index (χ1v) is 11.7. The number of fused-ring (bicyclic) bond motifs is 4. The zero-order valence-corrected chi connectivity index (χ0v) is 19.9. The molecule has 170 valence electrons.